The molecule has 0 spiro atoms. The molecule has 3 atom stereocenters. The Labute approximate surface area is 114 Å². The zero-order valence-corrected chi connectivity index (χ0v) is 11.7. The average Bonchev–Trinajstić information content (AvgIpc) is 2.98. The molecule has 0 bridgehead atoms. The summed E-state index contributed by atoms with van der Waals surface area (Å²) < 4.78 is 0. The van der Waals surface area contributed by atoms with Crippen LogP contribution in [-0.4, -0.2) is 17.6 Å². The van der Waals surface area contributed by atoms with Gasteiger partial charge in [-0.3, -0.25) is 4.98 Å². The van der Waals surface area contributed by atoms with Gasteiger partial charge in [0.25, 0.3) is 0 Å². The standard InChI is InChI=1S/C15H21ClN2/c1-2-18-15(13-6-11-5-12(11)7-13)8-10-3-4-17-9-14(10)16/h3-4,9,11-13,15,18H,2,5-8H2,1H3. The van der Waals surface area contributed by atoms with Gasteiger partial charge in [0.05, 0.1) is 5.02 Å². The van der Waals surface area contributed by atoms with Crippen LogP contribution < -0.4 is 5.32 Å². The lowest BCUT2D eigenvalue weighted by atomic mass is 9.90. The summed E-state index contributed by atoms with van der Waals surface area (Å²) in [5, 5.41) is 4.47. The van der Waals surface area contributed by atoms with E-state index in [9.17, 15) is 0 Å². The molecule has 2 nitrogen and oxygen atoms in total. The van der Waals surface area contributed by atoms with Crippen LogP contribution in [0.25, 0.3) is 0 Å². The molecular formula is C15H21ClN2. The minimum Gasteiger partial charge on any atom is -0.314 e. The maximum atomic E-state index is 6.22. The van der Waals surface area contributed by atoms with Crippen molar-refractivity contribution in [2.45, 2.75) is 38.6 Å². The summed E-state index contributed by atoms with van der Waals surface area (Å²) in [5.41, 5.74) is 1.23. The van der Waals surface area contributed by atoms with E-state index < -0.39 is 0 Å². The van der Waals surface area contributed by atoms with Gasteiger partial charge in [-0.05, 0) is 61.6 Å². The highest BCUT2D eigenvalue weighted by Gasteiger charge is 2.47. The minimum absolute atomic E-state index is 0.586. The summed E-state index contributed by atoms with van der Waals surface area (Å²) in [7, 11) is 0. The van der Waals surface area contributed by atoms with Crippen LogP contribution in [0.5, 0.6) is 0 Å². The molecule has 1 heterocycles. The number of fused-ring (bicyclic) bond motifs is 1. The van der Waals surface area contributed by atoms with E-state index in [1.165, 1.54) is 24.8 Å². The van der Waals surface area contributed by atoms with Crippen molar-refractivity contribution in [1.29, 1.82) is 0 Å². The number of nitrogens with zero attached hydrogens (tertiary/aromatic N) is 1. The summed E-state index contributed by atoms with van der Waals surface area (Å²) in [6, 6.07) is 2.64. The number of likely N-dealkylation sites (N-methyl/N-ethyl adjacent to an activating group) is 1. The molecule has 2 saturated carbocycles. The molecule has 0 saturated heterocycles. The Kier molecular flexibility index (Phi) is 3.58. The van der Waals surface area contributed by atoms with Crippen LogP contribution in [0, 0.1) is 17.8 Å². The van der Waals surface area contributed by atoms with Crippen molar-refractivity contribution < 1.29 is 0 Å². The van der Waals surface area contributed by atoms with Crippen LogP contribution >= 0.6 is 11.6 Å². The molecule has 3 rings (SSSR count). The van der Waals surface area contributed by atoms with E-state index in [1.807, 2.05) is 6.20 Å². The lowest BCUT2D eigenvalue weighted by Gasteiger charge is -2.26. The van der Waals surface area contributed by atoms with Crippen LogP contribution in [0.1, 0.15) is 31.7 Å². The fourth-order valence-corrected chi connectivity index (χ4v) is 3.76. The lowest BCUT2D eigenvalue weighted by molar-refractivity contribution is 0.337. The molecule has 2 fully saturated rings. The van der Waals surface area contributed by atoms with E-state index in [0.29, 0.717) is 6.04 Å². The molecule has 0 radical (unpaired) electrons. The number of aromatic nitrogens is 1. The third-order valence-electron chi connectivity index (χ3n) is 4.61. The molecule has 2 aliphatic rings. The number of rotatable bonds is 5. The Hall–Kier alpha value is -0.600. The Balaban J connectivity index is 1.68. The second-order valence-electron chi connectivity index (χ2n) is 5.82. The van der Waals surface area contributed by atoms with Crippen molar-refractivity contribution in [2.75, 3.05) is 6.54 Å². The maximum Gasteiger partial charge on any atom is 0.0621 e. The predicted molar refractivity (Wildman–Crippen MR) is 74.7 cm³/mol. The smallest absolute Gasteiger partial charge is 0.0621 e. The van der Waals surface area contributed by atoms with Gasteiger partial charge in [0, 0.05) is 18.4 Å². The fourth-order valence-electron chi connectivity index (χ4n) is 3.56. The van der Waals surface area contributed by atoms with E-state index in [2.05, 4.69) is 23.3 Å². The summed E-state index contributed by atoms with van der Waals surface area (Å²) in [6.45, 7) is 3.23. The molecule has 0 amide bonds. The van der Waals surface area contributed by atoms with Crippen LogP contribution in [0.4, 0.5) is 0 Å². The predicted octanol–water partition coefficient (Wildman–Crippen LogP) is 3.30. The van der Waals surface area contributed by atoms with Gasteiger partial charge < -0.3 is 5.32 Å². The largest absolute Gasteiger partial charge is 0.314 e. The first-order chi connectivity index (χ1) is 8.78. The Morgan fingerprint density at radius 3 is 2.83 bits per heavy atom. The van der Waals surface area contributed by atoms with Crippen molar-refractivity contribution >= 4 is 11.6 Å². The Morgan fingerprint density at radius 1 is 1.39 bits per heavy atom. The third-order valence-corrected chi connectivity index (χ3v) is 4.95. The highest BCUT2D eigenvalue weighted by molar-refractivity contribution is 6.31. The minimum atomic E-state index is 0.586. The number of hydrogen-bond acceptors (Lipinski definition) is 2. The van der Waals surface area contributed by atoms with Gasteiger partial charge in [0.15, 0.2) is 0 Å². The van der Waals surface area contributed by atoms with E-state index >= 15 is 0 Å². The van der Waals surface area contributed by atoms with Gasteiger partial charge >= 0.3 is 0 Å². The Morgan fingerprint density at radius 2 is 2.17 bits per heavy atom. The first-order valence-electron chi connectivity index (χ1n) is 7.09. The quantitative estimate of drug-likeness (QED) is 0.883. The zero-order valence-electron chi connectivity index (χ0n) is 10.9. The van der Waals surface area contributed by atoms with E-state index in [1.54, 1.807) is 6.20 Å². The summed E-state index contributed by atoms with van der Waals surface area (Å²) >= 11 is 6.22. The van der Waals surface area contributed by atoms with Crippen molar-refractivity contribution in [2.24, 2.45) is 17.8 Å². The SMILES string of the molecule is CCNC(Cc1ccncc1Cl)C1CC2CC2C1. The lowest BCUT2D eigenvalue weighted by Crippen LogP contribution is -2.37. The monoisotopic (exact) mass is 264 g/mol. The van der Waals surface area contributed by atoms with Gasteiger partial charge in [-0.15, -0.1) is 0 Å². The second kappa shape index (κ2) is 5.18. The third kappa shape index (κ3) is 2.55. The topological polar surface area (TPSA) is 24.9 Å². The van der Waals surface area contributed by atoms with Crippen molar-refractivity contribution in [3.8, 4) is 0 Å². The van der Waals surface area contributed by atoms with E-state index in [-0.39, 0.29) is 0 Å². The first kappa shape index (κ1) is 12.4. The second-order valence-corrected chi connectivity index (χ2v) is 6.23. The molecule has 3 heteroatoms. The van der Waals surface area contributed by atoms with E-state index in [4.69, 9.17) is 11.6 Å². The number of hydrogen-bond donors (Lipinski definition) is 1. The summed E-state index contributed by atoms with van der Waals surface area (Å²) in [4.78, 5) is 4.06. The molecule has 1 aromatic heterocycles. The fraction of sp³-hybridized carbons (Fsp3) is 0.667. The summed E-state index contributed by atoms with van der Waals surface area (Å²) in [6.07, 6.45) is 8.98. The van der Waals surface area contributed by atoms with Gasteiger partial charge in [-0.2, -0.15) is 0 Å². The molecule has 3 unspecified atom stereocenters. The molecule has 0 aliphatic heterocycles. The summed E-state index contributed by atoms with van der Waals surface area (Å²) in [5.74, 6) is 2.94. The highest BCUT2D eigenvalue weighted by atomic mass is 35.5. The van der Waals surface area contributed by atoms with Crippen LogP contribution in [0.15, 0.2) is 18.5 Å². The van der Waals surface area contributed by atoms with Gasteiger partial charge in [0.1, 0.15) is 0 Å². The molecule has 0 aromatic carbocycles. The maximum absolute atomic E-state index is 6.22. The highest BCUT2D eigenvalue weighted by Crippen LogP contribution is 2.55. The Bertz CT molecular complexity index is 411. The van der Waals surface area contributed by atoms with Crippen molar-refractivity contribution in [3.63, 3.8) is 0 Å². The first-order valence-corrected chi connectivity index (χ1v) is 7.47. The van der Waals surface area contributed by atoms with Gasteiger partial charge in [0.2, 0.25) is 0 Å². The van der Waals surface area contributed by atoms with E-state index in [0.717, 1.165) is 35.7 Å². The molecule has 1 N–H and O–H groups in total. The molecular weight excluding hydrogens is 244 g/mol. The van der Waals surface area contributed by atoms with Crippen LogP contribution in [0.3, 0.4) is 0 Å². The molecule has 98 valence electrons. The molecule has 18 heavy (non-hydrogen) atoms. The van der Waals surface area contributed by atoms with Gasteiger partial charge in [-0.25, -0.2) is 0 Å². The average molecular weight is 265 g/mol. The van der Waals surface area contributed by atoms with Gasteiger partial charge in [-0.1, -0.05) is 18.5 Å². The zero-order chi connectivity index (χ0) is 12.5. The number of nitrogens with one attached hydrogen (secondary N) is 1. The molecule has 2 aliphatic carbocycles. The number of pyridine rings is 1. The normalized spacial score (nSPS) is 31.1. The van der Waals surface area contributed by atoms with Crippen molar-refractivity contribution in [1.82, 2.24) is 10.3 Å². The van der Waals surface area contributed by atoms with Crippen LogP contribution in [0.2, 0.25) is 5.02 Å². The number of halogens is 1. The van der Waals surface area contributed by atoms with Crippen LogP contribution in [-0.2, 0) is 6.42 Å². The molecule has 1 aromatic rings. The van der Waals surface area contributed by atoms with Crippen molar-refractivity contribution in [3.05, 3.63) is 29.0 Å².